The Morgan fingerprint density at radius 1 is 1.04 bits per heavy atom. The second-order valence-corrected chi connectivity index (χ2v) is 5.56. The van der Waals surface area contributed by atoms with Gasteiger partial charge in [-0.2, -0.15) is 5.10 Å². The first-order valence-corrected chi connectivity index (χ1v) is 7.83. The molecule has 0 radical (unpaired) electrons. The quantitative estimate of drug-likeness (QED) is 0.421. The molecule has 0 spiro atoms. The third kappa shape index (κ3) is 3.79. The van der Waals surface area contributed by atoms with Gasteiger partial charge in [-0.3, -0.25) is 14.4 Å². The molecule has 3 aromatic rings. The molecule has 2 amide bonds. The van der Waals surface area contributed by atoms with Crippen LogP contribution in [0.2, 0.25) is 5.02 Å². The number of para-hydroxylation sites is 2. The van der Waals surface area contributed by atoms with E-state index in [1.165, 1.54) is 6.26 Å². The Morgan fingerprint density at radius 3 is 2.58 bits per heavy atom. The lowest BCUT2D eigenvalue weighted by molar-refractivity contribution is -0.136. The average molecular weight is 370 g/mol. The predicted molar refractivity (Wildman–Crippen MR) is 98.3 cm³/mol. The maximum Gasteiger partial charge on any atom is 0.329 e. The number of hydrazone groups is 1. The minimum atomic E-state index is -1.01. The molecular formula is C18H12ClN3O4. The van der Waals surface area contributed by atoms with Crippen LogP contribution in [-0.2, 0) is 9.59 Å². The molecule has 0 aliphatic carbocycles. The number of rotatable bonds is 3. The smallest absolute Gasteiger partial charge is 0.329 e. The van der Waals surface area contributed by atoms with Crippen molar-refractivity contribution in [3.8, 4) is 0 Å². The lowest BCUT2D eigenvalue weighted by Crippen LogP contribution is -2.32. The zero-order valence-electron chi connectivity index (χ0n) is 13.2. The van der Waals surface area contributed by atoms with Crippen LogP contribution >= 0.6 is 11.6 Å². The maximum absolute atomic E-state index is 12.3. The first kappa shape index (κ1) is 17.4. The number of carbonyl (C=O) groups is 2. The predicted octanol–water partition coefficient (Wildman–Crippen LogP) is 2.54. The molecule has 1 aromatic heterocycles. The molecular weight excluding hydrogens is 358 g/mol. The van der Waals surface area contributed by atoms with Gasteiger partial charge in [-0.15, -0.1) is 0 Å². The largest absolute Gasteiger partial charge is 0.463 e. The molecule has 8 heteroatoms. The fourth-order valence-electron chi connectivity index (χ4n) is 2.13. The fourth-order valence-corrected chi connectivity index (χ4v) is 2.32. The highest BCUT2D eigenvalue weighted by molar-refractivity contribution is 6.41. The molecule has 0 unspecified atom stereocenters. The van der Waals surface area contributed by atoms with Crippen molar-refractivity contribution in [2.75, 3.05) is 5.32 Å². The third-order valence-corrected chi connectivity index (χ3v) is 3.73. The van der Waals surface area contributed by atoms with Gasteiger partial charge in [0.1, 0.15) is 11.8 Å². The van der Waals surface area contributed by atoms with Crippen LogP contribution in [0.3, 0.4) is 0 Å². The summed E-state index contributed by atoms with van der Waals surface area (Å²) in [6.45, 7) is 0. The van der Waals surface area contributed by atoms with E-state index in [0.717, 1.165) is 6.21 Å². The molecule has 0 atom stereocenters. The average Bonchev–Trinajstić information content (AvgIpc) is 2.65. The van der Waals surface area contributed by atoms with Gasteiger partial charge in [-0.05, 0) is 24.3 Å². The van der Waals surface area contributed by atoms with Gasteiger partial charge in [0.2, 0.25) is 5.43 Å². The van der Waals surface area contributed by atoms with Gasteiger partial charge in [-0.1, -0.05) is 35.9 Å². The second-order valence-electron chi connectivity index (χ2n) is 5.15. The minimum absolute atomic E-state index is 0.135. The molecule has 0 aliphatic heterocycles. The highest BCUT2D eigenvalue weighted by Crippen LogP contribution is 2.20. The topological polar surface area (TPSA) is 101 Å². The molecule has 7 nitrogen and oxygen atoms in total. The Labute approximate surface area is 152 Å². The van der Waals surface area contributed by atoms with E-state index in [1.807, 2.05) is 5.43 Å². The molecule has 2 N–H and O–H groups in total. The molecule has 0 saturated carbocycles. The monoisotopic (exact) mass is 369 g/mol. The van der Waals surface area contributed by atoms with Crippen molar-refractivity contribution in [2.24, 2.45) is 5.10 Å². The van der Waals surface area contributed by atoms with Crippen molar-refractivity contribution in [2.45, 2.75) is 0 Å². The number of amides is 2. The highest BCUT2D eigenvalue weighted by atomic mass is 35.5. The number of nitrogens with one attached hydrogen (secondary N) is 2. The number of fused-ring (bicyclic) bond motifs is 1. The van der Waals surface area contributed by atoms with E-state index in [-0.39, 0.29) is 11.0 Å². The first-order valence-electron chi connectivity index (χ1n) is 7.46. The Hall–Kier alpha value is -3.45. The van der Waals surface area contributed by atoms with Crippen molar-refractivity contribution in [3.05, 3.63) is 75.6 Å². The number of hydrogen-bond donors (Lipinski definition) is 2. The van der Waals surface area contributed by atoms with Gasteiger partial charge < -0.3 is 9.73 Å². The van der Waals surface area contributed by atoms with E-state index in [1.54, 1.807) is 48.5 Å². The molecule has 0 bridgehead atoms. The van der Waals surface area contributed by atoms with Crippen molar-refractivity contribution in [1.29, 1.82) is 0 Å². The summed E-state index contributed by atoms with van der Waals surface area (Å²) < 4.78 is 5.32. The number of hydrogen-bond acceptors (Lipinski definition) is 5. The van der Waals surface area contributed by atoms with Gasteiger partial charge >= 0.3 is 11.8 Å². The first-order chi connectivity index (χ1) is 12.6. The van der Waals surface area contributed by atoms with Crippen molar-refractivity contribution in [1.82, 2.24) is 5.43 Å². The number of anilines is 1. The van der Waals surface area contributed by atoms with E-state index >= 15 is 0 Å². The van der Waals surface area contributed by atoms with Crippen molar-refractivity contribution in [3.63, 3.8) is 0 Å². The number of benzene rings is 2. The SMILES string of the molecule is O=C(N/N=C/c1coc2ccccc2c1=O)C(=O)Nc1ccccc1Cl. The van der Waals surface area contributed by atoms with Crippen LogP contribution in [0, 0.1) is 0 Å². The molecule has 26 heavy (non-hydrogen) atoms. The molecule has 130 valence electrons. The van der Waals surface area contributed by atoms with Crippen LogP contribution in [0.25, 0.3) is 11.0 Å². The Bertz CT molecular complexity index is 1080. The second kappa shape index (κ2) is 7.62. The van der Waals surface area contributed by atoms with Gasteiger partial charge in [0.05, 0.1) is 27.9 Å². The summed E-state index contributed by atoms with van der Waals surface area (Å²) >= 11 is 5.90. The molecule has 0 fully saturated rings. The number of nitrogens with zero attached hydrogens (tertiary/aromatic N) is 1. The minimum Gasteiger partial charge on any atom is -0.463 e. The maximum atomic E-state index is 12.3. The molecule has 2 aromatic carbocycles. The van der Waals surface area contributed by atoms with E-state index in [0.29, 0.717) is 21.7 Å². The lowest BCUT2D eigenvalue weighted by atomic mass is 10.2. The highest BCUT2D eigenvalue weighted by Gasteiger charge is 2.14. The lowest BCUT2D eigenvalue weighted by Gasteiger charge is -2.05. The van der Waals surface area contributed by atoms with Gasteiger partial charge in [0.15, 0.2) is 0 Å². The zero-order valence-corrected chi connectivity index (χ0v) is 14.0. The zero-order chi connectivity index (χ0) is 18.5. The summed E-state index contributed by atoms with van der Waals surface area (Å²) in [4.78, 5) is 35.8. The molecule has 3 rings (SSSR count). The summed E-state index contributed by atoms with van der Waals surface area (Å²) in [5.74, 6) is -1.95. The number of halogens is 1. The van der Waals surface area contributed by atoms with Gasteiger partial charge in [0, 0.05) is 0 Å². The molecule has 1 heterocycles. The molecule has 0 saturated heterocycles. The standard InChI is InChI=1S/C18H12ClN3O4/c19-13-6-2-3-7-14(13)21-17(24)18(25)22-20-9-11-10-26-15-8-4-1-5-12(15)16(11)23/h1-10H,(H,21,24)(H,22,25)/b20-9+. The summed E-state index contributed by atoms with van der Waals surface area (Å²) in [5.41, 5.74) is 2.62. The van der Waals surface area contributed by atoms with E-state index in [9.17, 15) is 14.4 Å². The van der Waals surface area contributed by atoms with Crippen LogP contribution in [0.15, 0.2) is 69.1 Å². The van der Waals surface area contributed by atoms with Crippen molar-refractivity contribution >= 4 is 46.3 Å². The normalized spacial score (nSPS) is 10.8. The van der Waals surface area contributed by atoms with Gasteiger partial charge in [0.25, 0.3) is 0 Å². The van der Waals surface area contributed by atoms with E-state index in [2.05, 4.69) is 10.4 Å². The summed E-state index contributed by atoms with van der Waals surface area (Å²) in [5, 5.41) is 6.66. The summed E-state index contributed by atoms with van der Waals surface area (Å²) in [7, 11) is 0. The fraction of sp³-hybridized carbons (Fsp3) is 0. The third-order valence-electron chi connectivity index (χ3n) is 3.40. The van der Waals surface area contributed by atoms with Crippen LogP contribution in [0.4, 0.5) is 5.69 Å². The molecule has 0 aliphatic rings. The Morgan fingerprint density at radius 2 is 1.77 bits per heavy atom. The van der Waals surface area contributed by atoms with Gasteiger partial charge in [-0.25, -0.2) is 5.43 Å². The summed E-state index contributed by atoms with van der Waals surface area (Å²) in [6.07, 6.45) is 2.34. The Balaban J connectivity index is 1.67. The Kier molecular flexibility index (Phi) is 5.09. The number of carbonyl (C=O) groups excluding carboxylic acids is 2. The van der Waals surface area contributed by atoms with Crippen LogP contribution < -0.4 is 16.2 Å². The van der Waals surface area contributed by atoms with Crippen LogP contribution in [-0.4, -0.2) is 18.0 Å². The summed E-state index contributed by atoms with van der Waals surface area (Å²) in [6, 6.07) is 13.2. The van der Waals surface area contributed by atoms with Crippen LogP contribution in [0.1, 0.15) is 5.56 Å². The van der Waals surface area contributed by atoms with Crippen LogP contribution in [0.5, 0.6) is 0 Å². The van der Waals surface area contributed by atoms with E-state index in [4.69, 9.17) is 16.0 Å². The van der Waals surface area contributed by atoms with E-state index < -0.39 is 11.8 Å². The van der Waals surface area contributed by atoms with Crippen molar-refractivity contribution < 1.29 is 14.0 Å².